The lowest BCUT2D eigenvalue weighted by Gasteiger charge is -2.16. The van der Waals surface area contributed by atoms with Crippen LogP contribution in [0.1, 0.15) is 16.7 Å². The van der Waals surface area contributed by atoms with Crippen molar-refractivity contribution in [3.63, 3.8) is 0 Å². The second-order valence-corrected chi connectivity index (χ2v) is 16.6. The molecule has 9 rings (SSSR count). The summed E-state index contributed by atoms with van der Waals surface area (Å²) in [6, 6.07) is 38.2. The summed E-state index contributed by atoms with van der Waals surface area (Å²) in [6.45, 7) is 0. The van der Waals surface area contributed by atoms with Crippen LogP contribution in [0.5, 0.6) is 34.5 Å². The maximum atomic E-state index is 14.4. The van der Waals surface area contributed by atoms with Crippen LogP contribution in [0.4, 0.5) is 0 Å². The molecule has 70 heavy (non-hydrogen) atoms. The Morgan fingerprint density at radius 3 is 1.47 bits per heavy atom. The Hall–Kier alpha value is -8.50. The molecule has 0 aliphatic heterocycles. The van der Waals surface area contributed by atoms with Gasteiger partial charge in [-0.25, -0.2) is 19.2 Å². The van der Waals surface area contributed by atoms with Gasteiger partial charge in [0.1, 0.15) is 29.2 Å². The van der Waals surface area contributed by atoms with Crippen molar-refractivity contribution in [3.05, 3.63) is 173 Å². The molecule has 0 fully saturated rings. The van der Waals surface area contributed by atoms with Crippen LogP contribution < -0.4 is 51.2 Å². The number of nitrogens with zero attached hydrogens (tertiary/aromatic N) is 1. The highest BCUT2D eigenvalue weighted by atomic mass is 16.6. The number of pyridine rings is 1. The van der Waals surface area contributed by atoms with Crippen molar-refractivity contribution in [2.45, 2.75) is 37.4 Å². The van der Waals surface area contributed by atoms with E-state index in [9.17, 15) is 19.2 Å². The molecule has 0 aliphatic rings. The van der Waals surface area contributed by atoms with Crippen LogP contribution in [0.15, 0.2) is 155 Å². The zero-order chi connectivity index (χ0) is 49.1. The summed E-state index contributed by atoms with van der Waals surface area (Å²) in [4.78, 5) is 54.6. The van der Waals surface area contributed by atoms with Crippen molar-refractivity contribution in [1.29, 1.82) is 0 Å². The summed E-state index contributed by atoms with van der Waals surface area (Å²) in [6.07, 6.45) is 2.43. The van der Waals surface area contributed by atoms with Gasteiger partial charge < -0.3 is 54.4 Å². The van der Waals surface area contributed by atoms with Gasteiger partial charge in [-0.1, -0.05) is 97.1 Å². The van der Waals surface area contributed by atoms with Gasteiger partial charge in [-0.3, -0.25) is 0 Å². The van der Waals surface area contributed by atoms with Gasteiger partial charge in [0.25, 0.3) is 0 Å². The molecule has 0 radical (unpaired) electrons. The number of hydrogen-bond acceptors (Lipinski definition) is 14. The fourth-order valence-corrected chi connectivity index (χ4v) is 8.58. The van der Waals surface area contributed by atoms with Gasteiger partial charge in [-0.2, -0.15) is 0 Å². The Bertz CT molecular complexity index is 3490. The highest BCUT2D eigenvalue weighted by Crippen LogP contribution is 2.46. The summed E-state index contributed by atoms with van der Waals surface area (Å²) < 4.78 is 42.7. The normalized spacial score (nSPS) is 12.7. The fraction of sp³-hybridized carbons (Fsp3) is 0.164. The average Bonchev–Trinajstić information content (AvgIpc) is 3.73. The number of benzene rings is 6. The minimum absolute atomic E-state index is 0.0182. The fourth-order valence-electron chi connectivity index (χ4n) is 8.58. The van der Waals surface area contributed by atoms with Crippen LogP contribution in [-0.4, -0.2) is 61.8 Å². The van der Waals surface area contributed by atoms with Crippen LogP contribution in [0.25, 0.3) is 49.3 Å². The van der Waals surface area contributed by atoms with Gasteiger partial charge >= 0.3 is 23.5 Å². The van der Waals surface area contributed by atoms with Crippen LogP contribution in [0, 0.1) is 0 Å². The smallest absolute Gasteiger partial charge is 0.361 e. The average molecular weight is 941 g/mol. The molecule has 354 valence electrons. The van der Waals surface area contributed by atoms with Gasteiger partial charge in [0.2, 0.25) is 0 Å². The lowest BCUT2D eigenvalue weighted by Crippen LogP contribution is -2.36. The number of ether oxygens (including phenoxy) is 6. The molecule has 15 heteroatoms. The maximum absolute atomic E-state index is 14.4. The first-order valence-corrected chi connectivity index (χ1v) is 22.3. The van der Waals surface area contributed by atoms with Gasteiger partial charge in [-0.05, 0) is 83.3 Å². The van der Waals surface area contributed by atoms with Gasteiger partial charge in [0.05, 0.1) is 26.8 Å². The van der Waals surface area contributed by atoms with E-state index in [1.165, 1.54) is 27.4 Å². The van der Waals surface area contributed by atoms with Crippen molar-refractivity contribution >= 4 is 56.1 Å². The van der Waals surface area contributed by atoms with E-state index in [2.05, 4.69) is 0 Å². The van der Waals surface area contributed by atoms with E-state index in [1.807, 2.05) is 91.0 Å². The Labute approximate surface area is 400 Å². The molecular formula is C55H48N4O11. The van der Waals surface area contributed by atoms with E-state index in [4.69, 9.17) is 50.0 Å². The molecular weight excluding hydrogens is 893 g/mol. The molecule has 0 saturated carbocycles. The second kappa shape index (κ2) is 20.0. The van der Waals surface area contributed by atoms with E-state index in [0.717, 1.165) is 16.7 Å². The van der Waals surface area contributed by atoms with E-state index in [1.54, 1.807) is 53.1 Å². The number of fused-ring (bicyclic) bond motifs is 7. The number of rotatable bonds is 16. The van der Waals surface area contributed by atoms with Gasteiger partial charge in [0, 0.05) is 34.0 Å². The molecule has 0 spiro atoms. The van der Waals surface area contributed by atoms with Crippen LogP contribution in [0.3, 0.4) is 0 Å². The summed E-state index contributed by atoms with van der Waals surface area (Å²) in [5, 5.41) is 2.03. The number of esters is 3. The highest BCUT2D eigenvalue weighted by Gasteiger charge is 2.28. The molecule has 6 aromatic carbocycles. The highest BCUT2D eigenvalue weighted by molar-refractivity contribution is 6.22. The van der Waals surface area contributed by atoms with Crippen LogP contribution in [-0.2, 0) is 33.6 Å². The number of aromatic nitrogens is 1. The topological polar surface area (TPSA) is 219 Å². The van der Waals surface area contributed by atoms with Crippen molar-refractivity contribution in [2.24, 2.45) is 17.2 Å². The van der Waals surface area contributed by atoms with Crippen molar-refractivity contribution < 1.29 is 47.2 Å². The molecule has 15 nitrogen and oxygen atoms in total. The Morgan fingerprint density at radius 2 is 0.971 bits per heavy atom. The lowest BCUT2D eigenvalue weighted by atomic mass is 9.97. The summed E-state index contributed by atoms with van der Waals surface area (Å²) in [7, 11) is 4.31. The monoisotopic (exact) mass is 940 g/mol. The number of carbonyl (C=O) groups excluding carboxylic acids is 3. The third kappa shape index (κ3) is 9.36. The van der Waals surface area contributed by atoms with Gasteiger partial charge in [-0.15, -0.1) is 0 Å². The molecule has 3 heterocycles. The number of nitrogens with two attached hydrogens (primary N) is 3. The zero-order valence-electron chi connectivity index (χ0n) is 38.4. The molecule has 0 amide bonds. The molecule has 9 aromatic rings. The van der Waals surface area contributed by atoms with Crippen molar-refractivity contribution in [3.8, 4) is 45.6 Å². The van der Waals surface area contributed by atoms with Crippen molar-refractivity contribution in [1.82, 2.24) is 4.40 Å². The SMILES string of the molecule is COc1cc(-c2c3c4cc(OC)c(OC(=O)[C@@H](N)Cc5ccccc5)cc4oc(=O)c3n3ccc4cc(OC(=O)[C@@H](N)Cc5ccccc5)c(OC)cc4c23)ccc1OC(=O)[C@@H](N)Cc1ccccc1. The first kappa shape index (κ1) is 46.6. The minimum Gasteiger partial charge on any atom is -0.493 e. The van der Waals surface area contributed by atoms with Crippen LogP contribution in [0.2, 0.25) is 0 Å². The molecule has 0 aliphatic carbocycles. The third-order valence-electron chi connectivity index (χ3n) is 12.0. The molecule has 3 aromatic heterocycles. The molecule has 0 bridgehead atoms. The lowest BCUT2D eigenvalue weighted by molar-refractivity contribution is -0.136. The Morgan fingerprint density at radius 1 is 0.514 bits per heavy atom. The second-order valence-electron chi connectivity index (χ2n) is 16.6. The predicted molar refractivity (Wildman–Crippen MR) is 265 cm³/mol. The van der Waals surface area contributed by atoms with E-state index < -0.39 is 41.7 Å². The zero-order valence-corrected chi connectivity index (χ0v) is 38.4. The number of carbonyl (C=O) groups is 3. The van der Waals surface area contributed by atoms with E-state index in [0.29, 0.717) is 38.2 Å². The minimum atomic E-state index is -1.02. The predicted octanol–water partition coefficient (Wildman–Crippen LogP) is 7.47. The molecule has 0 unspecified atom stereocenters. The molecule has 3 atom stereocenters. The number of methoxy groups -OCH3 is 3. The number of hydrogen-bond donors (Lipinski definition) is 3. The van der Waals surface area contributed by atoms with Gasteiger partial charge in [0.15, 0.2) is 34.5 Å². The quantitative estimate of drug-likeness (QED) is 0.0486. The van der Waals surface area contributed by atoms with Crippen molar-refractivity contribution in [2.75, 3.05) is 21.3 Å². The van der Waals surface area contributed by atoms with E-state index >= 15 is 0 Å². The Balaban J connectivity index is 1.19. The first-order chi connectivity index (χ1) is 33.9. The summed E-state index contributed by atoms with van der Waals surface area (Å²) >= 11 is 0. The largest absolute Gasteiger partial charge is 0.493 e. The van der Waals surface area contributed by atoms with Crippen LogP contribution >= 0.6 is 0 Å². The van der Waals surface area contributed by atoms with E-state index in [-0.39, 0.29) is 64.9 Å². The summed E-state index contributed by atoms with van der Waals surface area (Å²) in [5.41, 5.74) is 22.6. The molecule has 6 N–H and O–H groups in total. The third-order valence-corrected chi connectivity index (χ3v) is 12.0. The maximum Gasteiger partial charge on any atom is 0.361 e. The summed E-state index contributed by atoms with van der Waals surface area (Å²) in [5.74, 6) is -1.28. The first-order valence-electron chi connectivity index (χ1n) is 22.3. The Kier molecular flexibility index (Phi) is 13.3. The molecule has 0 saturated heterocycles. The standard InChI is InChI=1S/C55H48N4O11/c1-64-43-27-35(19-20-41(43)67-52(60)38(56)23-31-13-7-4-8-14-31)48-49-37-29-45(66-3)47(70-54(62)40(58)25-33-17-11-6-12-18-33)30-42(37)68-55(63)51(49)59-22-21-34-26-46(44(65-2)28-36(34)50(48)59)69-53(61)39(57)24-32-15-9-5-10-16-32/h4-22,26-30,38-40H,23-25,56-58H2,1-3H3/t38-,39-,40-/m0/s1.